The van der Waals surface area contributed by atoms with Crippen molar-refractivity contribution < 1.29 is 14.5 Å². The predicted octanol–water partition coefficient (Wildman–Crippen LogP) is 3.04. The Morgan fingerprint density at radius 1 is 1.35 bits per heavy atom. The predicted molar refractivity (Wildman–Crippen MR) is 101 cm³/mol. The summed E-state index contributed by atoms with van der Waals surface area (Å²) in [4.78, 5) is 24.7. The lowest BCUT2D eigenvalue weighted by molar-refractivity contribution is -0.385. The molecule has 0 radical (unpaired) electrons. The summed E-state index contributed by atoms with van der Waals surface area (Å²) in [7, 11) is 0. The molecule has 2 heterocycles. The van der Waals surface area contributed by atoms with Gasteiger partial charge in [0, 0.05) is 30.7 Å². The third kappa shape index (κ3) is 4.78. The number of piperidine rings is 1. The van der Waals surface area contributed by atoms with Crippen LogP contribution in [-0.4, -0.2) is 48.5 Å². The van der Waals surface area contributed by atoms with Crippen molar-refractivity contribution in [3.8, 4) is 5.75 Å². The average Bonchev–Trinajstić information content (AvgIpc) is 3.04. The monoisotopic (exact) mass is 403 g/mol. The number of hydrogen-bond donors (Lipinski definition) is 1. The van der Waals surface area contributed by atoms with Crippen molar-refractivity contribution in [2.75, 3.05) is 32.8 Å². The molecule has 1 aromatic carbocycles. The maximum atomic E-state index is 12.3. The first kappa shape index (κ1) is 20.7. The number of ether oxygens (including phenoxy) is 1. The Morgan fingerprint density at radius 3 is 2.69 bits per heavy atom. The van der Waals surface area contributed by atoms with Crippen molar-refractivity contribution in [1.82, 2.24) is 10.2 Å². The van der Waals surface area contributed by atoms with Crippen LogP contribution >= 0.6 is 24.0 Å². The first-order valence-corrected chi connectivity index (χ1v) is 8.92. The normalized spacial score (nSPS) is 18.4. The molecule has 1 aromatic rings. The van der Waals surface area contributed by atoms with Gasteiger partial charge in [-0.2, -0.15) is 0 Å². The Labute approximate surface area is 163 Å². The van der Waals surface area contributed by atoms with E-state index in [2.05, 4.69) is 5.32 Å². The van der Waals surface area contributed by atoms with E-state index >= 15 is 0 Å². The molecule has 0 aliphatic carbocycles. The first-order chi connectivity index (χ1) is 12.0. The number of nitro benzene ring substituents is 1. The summed E-state index contributed by atoms with van der Waals surface area (Å²) in [6.07, 6.45) is 3.48. The smallest absolute Gasteiger partial charge is 0.312 e. The summed E-state index contributed by atoms with van der Waals surface area (Å²) in [5.41, 5.74) is 0.186. The molecule has 0 bridgehead atoms. The number of carbonyl (C=O) groups is 1. The van der Waals surface area contributed by atoms with E-state index in [1.807, 2.05) is 4.90 Å². The molecule has 0 aromatic heterocycles. The molecule has 7 nitrogen and oxygen atoms in total. The van der Waals surface area contributed by atoms with Crippen molar-refractivity contribution in [1.29, 1.82) is 0 Å². The average molecular weight is 404 g/mol. The van der Waals surface area contributed by atoms with Crippen molar-refractivity contribution in [3.63, 3.8) is 0 Å². The molecule has 0 unspecified atom stereocenters. The van der Waals surface area contributed by atoms with Crippen LogP contribution in [0.15, 0.2) is 18.2 Å². The van der Waals surface area contributed by atoms with E-state index in [4.69, 9.17) is 16.3 Å². The van der Waals surface area contributed by atoms with Gasteiger partial charge in [-0.3, -0.25) is 14.9 Å². The fourth-order valence-corrected chi connectivity index (χ4v) is 3.78. The number of likely N-dealkylation sites (tertiary alicyclic amines) is 1. The van der Waals surface area contributed by atoms with Crippen molar-refractivity contribution in [3.05, 3.63) is 33.3 Å². The zero-order valence-electron chi connectivity index (χ0n) is 14.4. The second-order valence-corrected chi connectivity index (χ2v) is 7.21. The van der Waals surface area contributed by atoms with Gasteiger partial charge in [-0.05, 0) is 43.4 Å². The lowest BCUT2D eigenvalue weighted by atomic mass is 9.78. The highest BCUT2D eigenvalue weighted by Gasteiger charge is 2.37. The summed E-state index contributed by atoms with van der Waals surface area (Å²) in [6.45, 7) is 3.80. The van der Waals surface area contributed by atoms with Crippen LogP contribution in [0.4, 0.5) is 5.69 Å². The van der Waals surface area contributed by atoms with Crippen molar-refractivity contribution in [2.45, 2.75) is 25.7 Å². The van der Waals surface area contributed by atoms with E-state index in [9.17, 15) is 14.9 Å². The molecule has 2 saturated heterocycles. The van der Waals surface area contributed by atoms with Crippen LogP contribution in [0, 0.1) is 15.5 Å². The van der Waals surface area contributed by atoms with E-state index in [0.29, 0.717) is 5.41 Å². The van der Waals surface area contributed by atoms with E-state index in [1.54, 1.807) is 0 Å². The largest absolute Gasteiger partial charge is 0.486 e. The highest BCUT2D eigenvalue weighted by atomic mass is 35.5. The van der Waals surface area contributed by atoms with Gasteiger partial charge in [-0.15, -0.1) is 12.4 Å². The standard InChI is InChI=1S/C17H22ClN3O4.ClH/c18-13-1-2-15(14(11-13)21(23)24)25-10-3-16(22)20-8-5-17(6-9-20)4-7-19-12-17;/h1-2,11,19H,3-10,12H2;1H. The van der Waals surface area contributed by atoms with Gasteiger partial charge in [-0.1, -0.05) is 11.6 Å². The zero-order chi connectivity index (χ0) is 17.9. The summed E-state index contributed by atoms with van der Waals surface area (Å²) in [6, 6.07) is 4.24. The molecule has 2 aliphatic heterocycles. The molecule has 144 valence electrons. The Hall–Kier alpha value is -1.57. The molecule has 26 heavy (non-hydrogen) atoms. The van der Waals surface area contributed by atoms with Gasteiger partial charge in [0.1, 0.15) is 0 Å². The zero-order valence-corrected chi connectivity index (χ0v) is 16.0. The van der Waals surface area contributed by atoms with Crippen LogP contribution < -0.4 is 10.1 Å². The third-order valence-electron chi connectivity index (χ3n) is 5.20. The quantitative estimate of drug-likeness (QED) is 0.603. The minimum absolute atomic E-state index is 0. The lowest BCUT2D eigenvalue weighted by Gasteiger charge is -2.38. The third-order valence-corrected chi connectivity index (χ3v) is 5.44. The number of carbonyl (C=O) groups excluding carboxylic acids is 1. The SMILES string of the molecule is Cl.O=C(CCOc1ccc(Cl)cc1[N+](=O)[O-])N1CCC2(CCNC2)CC1. The van der Waals surface area contributed by atoms with Crippen LogP contribution in [0.5, 0.6) is 5.75 Å². The number of benzene rings is 1. The molecular weight excluding hydrogens is 381 g/mol. The maximum Gasteiger partial charge on any atom is 0.312 e. The second-order valence-electron chi connectivity index (χ2n) is 6.78. The lowest BCUT2D eigenvalue weighted by Crippen LogP contribution is -2.44. The molecule has 1 amide bonds. The Bertz CT molecular complexity index is 655. The highest BCUT2D eigenvalue weighted by molar-refractivity contribution is 6.30. The molecule has 1 spiro atoms. The number of nitrogens with zero attached hydrogens (tertiary/aromatic N) is 2. The van der Waals surface area contributed by atoms with E-state index < -0.39 is 4.92 Å². The van der Waals surface area contributed by atoms with Crippen LogP contribution in [0.3, 0.4) is 0 Å². The van der Waals surface area contributed by atoms with Crippen LogP contribution in [0.2, 0.25) is 5.02 Å². The van der Waals surface area contributed by atoms with Crippen LogP contribution in [0.25, 0.3) is 0 Å². The molecule has 9 heteroatoms. The minimum Gasteiger partial charge on any atom is -0.486 e. The Kier molecular flexibility index (Phi) is 7.08. The van der Waals surface area contributed by atoms with Gasteiger partial charge in [0.2, 0.25) is 5.91 Å². The number of rotatable bonds is 5. The second kappa shape index (κ2) is 8.88. The fraction of sp³-hybridized carbons (Fsp3) is 0.588. The molecule has 0 atom stereocenters. The van der Waals surface area contributed by atoms with Gasteiger partial charge in [0.25, 0.3) is 0 Å². The number of halogens is 2. The summed E-state index contributed by atoms with van der Waals surface area (Å²) >= 11 is 5.77. The van der Waals surface area contributed by atoms with Crippen molar-refractivity contribution >= 4 is 35.6 Å². The highest BCUT2D eigenvalue weighted by Crippen LogP contribution is 2.37. The molecule has 2 fully saturated rings. The van der Waals surface area contributed by atoms with Gasteiger partial charge in [-0.25, -0.2) is 0 Å². The number of nitrogens with one attached hydrogen (secondary N) is 1. The van der Waals surface area contributed by atoms with Gasteiger partial charge >= 0.3 is 5.69 Å². The number of amides is 1. The van der Waals surface area contributed by atoms with Gasteiger partial charge in [0.15, 0.2) is 5.75 Å². The van der Waals surface area contributed by atoms with Crippen LogP contribution in [-0.2, 0) is 4.79 Å². The number of hydrogen-bond acceptors (Lipinski definition) is 5. The van der Waals surface area contributed by atoms with E-state index in [-0.39, 0.29) is 47.8 Å². The molecule has 1 N–H and O–H groups in total. The van der Waals surface area contributed by atoms with E-state index in [0.717, 1.165) is 39.0 Å². The maximum absolute atomic E-state index is 12.3. The topological polar surface area (TPSA) is 84.7 Å². The number of nitro groups is 1. The molecule has 3 rings (SSSR count). The first-order valence-electron chi connectivity index (χ1n) is 8.54. The summed E-state index contributed by atoms with van der Waals surface area (Å²) in [5, 5.41) is 14.7. The Morgan fingerprint density at radius 2 is 2.08 bits per heavy atom. The van der Waals surface area contributed by atoms with Gasteiger partial charge < -0.3 is 15.0 Å². The van der Waals surface area contributed by atoms with Gasteiger partial charge in [0.05, 0.1) is 18.0 Å². The van der Waals surface area contributed by atoms with Crippen LogP contribution in [0.1, 0.15) is 25.7 Å². The molecule has 2 aliphatic rings. The molecular formula is C17H23Cl2N3O4. The van der Waals surface area contributed by atoms with E-state index in [1.165, 1.54) is 24.6 Å². The summed E-state index contributed by atoms with van der Waals surface area (Å²) < 4.78 is 5.45. The van der Waals surface area contributed by atoms with Crippen molar-refractivity contribution in [2.24, 2.45) is 5.41 Å². The minimum atomic E-state index is -0.539. The Balaban J connectivity index is 0.00000243. The molecule has 0 saturated carbocycles. The summed E-state index contributed by atoms with van der Waals surface area (Å²) in [5.74, 6) is 0.175. The fourth-order valence-electron chi connectivity index (χ4n) is 3.61.